The van der Waals surface area contributed by atoms with Gasteiger partial charge in [0.15, 0.2) is 15.7 Å². The number of fused-ring (bicyclic) bond motifs is 1. The van der Waals surface area contributed by atoms with Gasteiger partial charge in [0.1, 0.15) is 12.1 Å². The van der Waals surface area contributed by atoms with Crippen LogP contribution in [0.15, 0.2) is 47.6 Å². The molecule has 3 rings (SSSR count). The second-order valence-corrected chi connectivity index (χ2v) is 6.83. The molecule has 0 fully saturated rings. The molecule has 3 aromatic rings. The Hall–Kier alpha value is -2.41. The van der Waals surface area contributed by atoms with Crippen molar-refractivity contribution < 1.29 is 13.3 Å². The first-order valence-electron chi connectivity index (χ1n) is 6.77. The highest BCUT2D eigenvalue weighted by atomic mass is 32.2. The standard InChI is InChI=1S/C15H15N3O3S/c1-3-21-18-14-7-6-12(22(2,19)20)9-13(14)17-15(18)11-5-4-8-16-10-11/h4-10H,3H2,1-2H3. The van der Waals surface area contributed by atoms with Crippen molar-refractivity contribution in [2.45, 2.75) is 11.8 Å². The summed E-state index contributed by atoms with van der Waals surface area (Å²) in [6.07, 6.45) is 4.54. The minimum Gasteiger partial charge on any atom is -0.412 e. The van der Waals surface area contributed by atoms with Gasteiger partial charge < -0.3 is 4.84 Å². The molecule has 0 aliphatic heterocycles. The summed E-state index contributed by atoms with van der Waals surface area (Å²) in [5.74, 6) is 0.593. The van der Waals surface area contributed by atoms with Crippen molar-refractivity contribution in [3.05, 3.63) is 42.7 Å². The van der Waals surface area contributed by atoms with Gasteiger partial charge in [0.2, 0.25) is 0 Å². The van der Waals surface area contributed by atoms with E-state index in [4.69, 9.17) is 4.84 Å². The van der Waals surface area contributed by atoms with Crippen LogP contribution >= 0.6 is 0 Å². The van der Waals surface area contributed by atoms with E-state index in [1.165, 1.54) is 6.26 Å². The van der Waals surface area contributed by atoms with Crippen molar-refractivity contribution in [2.75, 3.05) is 12.9 Å². The maximum atomic E-state index is 11.7. The molecule has 0 N–H and O–H groups in total. The SMILES string of the molecule is CCOn1c(-c2cccnc2)nc2cc(S(C)(=O)=O)ccc21. The summed E-state index contributed by atoms with van der Waals surface area (Å²) in [6, 6.07) is 8.50. The van der Waals surface area contributed by atoms with Crippen LogP contribution in [0.3, 0.4) is 0 Å². The second kappa shape index (κ2) is 5.42. The van der Waals surface area contributed by atoms with Crippen LogP contribution in [0.25, 0.3) is 22.4 Å². The van der Waals surface area contributed by atoms with E-state index in [1.807, 2.05) is 19.1 Å². The van der Waals surface area contributed by atoms with Crippen molar-refractivity contribution in [1.29, 1.82) is 0 Å². The summed E-state index contributed by atoms with van der Waals surface area (Å²) in [7, 11) is -3.28. The highest BCUT2D eigenvalue weighted by Gasteiger charge is 2.16. The van der Waals surface area contributed by atoms with Gasteiger partial charge in [0, 0.05) is 24.2 Å². The minimum absolute atomic E-state index is 0.235. The number of pyridine rings is 1. The lowest BCUT2D eigenvalue weighted by Gasteiger charge is -2.08. The fourth-order valence-corrected chi connectivity index (χ4v) is 2.85. The van der Waals surface area contributed by atoms with E-state index >= 15 is 0 Å². The maximum Gasteiger partial charge on any atom is 0.178 e. The number of benzene rings is 1. The van der Waals surface area contributed by atoms with Crippen LogP contribution in [-0.4, -0.2) is 36.0 Å². The van der Waals surface area contributed by atoms with Gasteiger partial charge in [-0.1, -0.05) is 0 Å². The first kappa shape index (κ1) is 14.5. The van der Waals surface area contributed by atoms with Gasteiger partial charge in [-0.3, -0.25) is 4.98 Å². The molecule has 0 atom stereocenters. The van der Waals surface area contributed by atoms with Crippen molar-refractivity contribution >= 4 is 20.9 Å². The zero-order chi connectivity index (χ0) is 15.7. The number of aromatic nitrogens is 3. The van der Waals surface area contributed by atoms with E-state index in [2.05, 4.69) is 9.97 Å². The van der Waals surface area contributed by atoms with Crippen molar-refractivity contribution in [1.82, 2.24) is 14.7 Å². The third-order valence-electron chi connectivity index (χ3n) is 3.19. The van der Waals surface area contributed by atoms with E-state index in [9.17, 15) is 8.42 Å². The number of imidazole rings is 1. The van der Waals surface area contributed by atoms with E-state index in [1.54, 1.807) is 35.3 Å². The molecule has 0 bridgehead atoms. The average Bonchev–Trinajstić information content (AvgIpc) is 2.86. The van der Waals surface area contributed by atoms with Gasteiger partial charge in [-0.05, 0) is 37.3 Å². The molecule has 0 unspecified atom stereocenters. The predicted molar refractivity (Wildman–Crippen MR) is 83.2 cm³/mol. The Balaban J connectivity index is 2.26. The molecule has 0 radical (unpaired) electrons. The molecule has 114 valence electrons. The molecule has 0 saturated heterocycles. The summed E-state index contributed by atoms with van der Waals surface area (Å²) < 4.78 is 25.0. The van der Waals surface area contributed by atoms with Gasteiger partial charge in [-0.2, -0.15) is 4.73 Å². The van der Waals surface area contributed by atoms with Crippen LogP contribution < -0.4 is 4.84 Å². The Morgan fingerprint density at radius 2 is 2.09 bits per heavy atom. The quantitative estimate of drug-likeness (QED) is 0.735. The Labute approximate surface area is 128 Å². The van der Waals surface area contributed by atoms with Crippen LogP contribution in [-0.2, 0) is 9.84 Å². The molecule has 0 spiro atoms. The monoisotopic (exact) mass is 317 g/mol. The van der Waals surface area contributed by atoms with Crippen LogP contribution in [0.5, 0.6) is 0 Å². The zero-order valence-electron chi connectivity index (χ0n) is 12.2. The summed E-state index contributed by atoms with van der Waals surface area (Å²) in [5, 5.41) is 0. The number of hydrogen-bond acceptors (Lipinski definition) is 5. The van der Waals surface area contributed by atoms with Crippen molar-refractivity contribution in [3.63, 3.8) is 0 Å². The largest absolute Gasteiger partial charge is 0.412 e. The van der Waals surface area contributed by atoms with E-state index in [0.29, 0.717) is 23.5 Å². The molecule has 6 nitrogen and oxygen atoms in total. The van der Waals surface area contributed by atoms with Gasteiger partial charge in [-0.25, -0.2) is 13.4 Å². The molecule has 22 heavy (non-hydrogen) atoms. The summed E-state index contributed by atoms with van der Waals surface area (Å²) in [4.78, 5) is 14.5. The summed E-state index contributed by atoms with van der Waals surface area (Å²) in [6.45, 7) is 2.34. The Bertz CT molecular complexity index is 918. The van der Waals surface area contributed by atoms with Crippen LogP contribution in [0.2, 0.25) is 0 Å². The molecule has 2 heterocycles. The normalized spacial score (nSPS) is 11.7. The summed E-state index contributed by atoms with van der Waals surface area (Å²) >= 11 is 0. The van der Waals surface area contributed by atoms with Gasteiger partial charge >= 0.3 is 0 Å². The fourth-order valence-electron chi connectivity index (χ4n) is 2.21. The smallest absolute Gasteiger partial charge is 0.178 e. The Morgan fingerprint density at radius 1 is 1.27 bits per heavy atom. The van der Waals surface area contributed by atoms with Gasteiger partial charge in [-0.15, -0.1) is 0 Å². The molecular formula is C15H15N3O3S. The highest BCUT2D eigenvalue weighted by Crippen LogP contribution is 2.25. The summed E-state index contributed by atoms with van der Waals surface area (Å²) in [5.41, 5.74) is 2.08. The minimum atomic E-state index is -3.28. The number of sulfone groups is 1. The Kier molecular flexibility index (Phi) is 3.58. The van der Waals surface area contributed by atoms with Gasteiger partial charge in [0.25, 0.3) is 0 Å². The maximum absolute atomic E-state index is 11.7. The lowest BCUT2D eigenvalue weighted by Crippen LogP contribution is -2.12. The molecule has 7 heteroatoms. The van der Waals surface area contributed by atoms with Crippen LogP contribution in [0.1, 0.15) is 6.92 Å². The molecule has 0 aliphatic carbocycles. The van der Waals surface area contributed by atoms with E-state index < -0.39 is 9.84 Å². The average molecular weight is 317 g/mol. The molecule has 0 amide bonds. The first-order valence-corrected chi connectivity index (χ1v) is 8.66. The van der Waals surface area contributed by atoms with Crippen molar-refractivity contribution in [2.24, 2.45) is 0 Å². The molecular weight excluding hydrogens is 302 g/mol. The van der Waals surface area contributed by atoms with E-state index in [-0.39, 0.29) is 4.90 Å². The van der Waals surface area contributed by atoms with Crippen LogP contribution in [0, 0.1) is 0 Å². The van der Waals surface area contributed by atoms with E-state index in [0.717, 1.165) is 5.56 Å². The van der Waals surface area contributed by atoms with Crippen molar-refractivity contribution in [3.8, 4) is 11.4 Å². The highest BCUT2D eigenvalue weighted by molar-refractivity contribution is 7.90. The first-order chi connectivity index (χ1) is 10.5. The van der Waals surface area contributed by atoms with Gasteiger partial charge in [0.05, 0.1) is 10.4 Å². The zero-order valence-corrected chi connectivity index (χ0v) is 13.0. The number of rotatable bonds is 4. The molecule has 2 aromatic heterocycles. The second-order valence-electron chi connectivity index (χ2n) is 4.81. The number of hydrogen-bond donors (Lipinski definition) is 0. The fraction of sp³-hybridized carbons (Fsp3) is 0.200. The Morgan fingerprint density at radius 3 is 2.73 bits per heavy atom. The number of nitrogens with zero attached hydrogens (tertiary/aromatic N) is 3. The lowest BCUT2D eigenvalue weighted by molar-refractivity contribution is 0.135. The molecule has 0 saturated carbocycles. The molecule has 0 aliphatic rings. The molecule has 1 aromatic carbocycles. The third-order valence-corrected chi connectivity index (χ3v) is 4.30. The lowest BCUT2D eigenvalue weighted by atomic mass is 10.3. The van der Waals surface area contributed by atoms with Crippen LogP contribution in [0.4, 0.5) is 0 Å². The topological polar surface area (TPSA) is 74.1 Å². The third kappa shape index (κ3) is 2.55. The predicted octanol–water partition coefficient (Wildman–Crippen LogP) is 1.95.